The first kappa shape index (κ1) is 17.8. The van der Waals surface area contributed by atoms with Crippen LogP contribution in [-0.2, 0) is 0 Å². The van der Waals surface area contributed by atoms with Gasteiger partial charge in [0.25, 0.3) is 0 Å². The van der Waals surface area contributed by atoms with Gasteiger partial charge < -0.3 is 5.73 Å². The zero-order chi connectivity index (χ0) is 17.6. The van der Waals surface area contributed by atoms with Crippen molar-refractivity contribution in [1.82, 2.24) is 0 Å². The summed E-state index contributed by atoms with van der Waals surface area (Å²) in [5.74, 6) is 0.128. The van der Waals surface area contributed by atoms with Gasteiger partial charge in [0.15, 0.2) is 5.78 Å². The Labute approximate surface area is 160 Å². The summed E-state index contributed by atoms with van der Waals surface area (Å²) in [7, 11) is 0. The molecule has 0 saturated carbocycles. The highest BCUT2D eigenvalue weighted by Gasteiger charge is 2.19. The Balaban J connectivity index is 1.85. The number of halogens is 1. The molecule has 0 fully saturated rings. The van der Waals surface area contributed by atoms with Crippen LogP contribution in [0.15, 0.2) is 88.2 Å². The molecular weight excluding hydrogens is 394 g/mol. The van der Waals surface area contributed by atoms with Gasteiger partial charge in [-0.3, -0.25) is 4.79 Å². The first-order valence-electron chi connectivity index (χ1n) is 7.98. The number of ketones is 1. The van der Waals surface area contributed by atoms with E-state index in [0.717, 1.165) is 26.2 Å². The number of nitrogen functional groups attached to an aromatic ring is 1. The van der Waals surface area contributed by atoms with E-state index >= 15 is 0 Å². The van der Waals surface area contributed by atoms with Gasteiger partial charge in [-0.05, 0) is 29.8 Å². The maximum atomic E-state index is 12.8. The minimum Gasteiger partial charge on any atom is -0.398 e. The third kappa shape index (κ3) is 4.74. The molecular formula is C21H18BrNOS. The Kier molecular flexibility index (Phi) is 5.95. The highest BCUT2D eigenvalue weighted by atomic mass is 79.9. The van der Waals surface area contributed by atoms with Crippen molar-refractivity contribution in [1.29, 1.82) is 0 Å². The molecule has 0 heterocycles. The fraction of sp³-hybridized carbons (Fsp3) is 0.0952. The first-order valence-corrected chi connectivity index (χ1v) is 9.65. The molecule has 3 rings (SSSR count). The molecule has 0 bridgehead atoms. The highest BCUT2D eigenvalue weighted by Crippen LogP contribution is 2.40. The summed E-state index contributed by atoms with van der Waals surface area (Å²) in [6.07, 6.45) is 0.421. The number of thioether (sulfide) groups is 1. The Bertz CT molecular complexity index is 849. The van der Waals surface area contributed by atoms with Crippen LogP contribution in [0.1, 0.15) is 27.6 Å². The molecule has 3 aromatic carbocycles. The minimum absolute atomic E-state index is 0.0158. The van der Waals surface area contributed by atoms with Gasteiger partial charge in [0.1, 0.15) is 0 Å². The van der Waals surface area contributed by atoms with Crippen LogP contribution in [0.5, 0.6) is 0 Å². The van der Waals surface area contributed by atoms with Gasteiger partial charge >= 0.3 is 0 Å². The van der Waals surface area contributed by atoms with Crippen LogP contribution in [-0.4, -0.2) is 5.78 Å². The van der Waals surface area contributed by atoms with Crippen LogP contribution in [0.2, 0.25) is 0 Å². The second-order valence-corrected chi connectivity index (χ2v) is 7.85. The number of anilines is 1. The van der Waals surface area contributed by atoms with Crippen molar-refractivity contribution in [2.24, 2.45) is 0 Å². The van der Waals surface area contributed by atoms with Crippen molar-refractivity contribution in [3.8, 4) is 0 Å². The third-order valence-electron chi connectivity index (χ3n) is 3.90. The number of para-hydroxylation sites is 1. The third-order valence-corrected chi connectivity index (χ3v) is 5.77. The molecule has 0 radical (unpaired) electrons. The molecule has 0 aliphatic rings. The molecule has 4 heteroatoms. The van der Waals surface area contributed by atoms with Gasteiger partial charge in [-0.15, -0.1) is 11.8 Å². The summed E-state index contributed by atoms with van der Waals surface area (Å²) in [4.78, 5) is 13.8. The fourth-order valence-corrected chi connectivity index (χ4v) is 4.02. The monoisotopic (exact) mass is 411 g/mol. The number of benzene rings is 3. The van der Waals surface area contributed by atoms with Gasteiger partial charge in [0.2, 0.25) is 0 Å². The molecule has 0 aliphatic heterocycles. The van der Waals surface area contributed by atoms with Crippen LogP contribution in [0.3, 0.4) is 0 Å². The molecule has 0 saturated heterocycles. The zero-order valence-electron chi connectivity index (χ0n) is 13.6. The van der Waals surface area contributed by atoms with E-state index in [1.54, 1.807) is 11.8 Å². The number of Topliss-reactive ketones (excluding diaryl/α,β-unsaturated/α-hetero) is 1. The van der Waals surface area contributed by atoms with Gasteiger partial charge in [-0.25, -0.2) is 0 Å². The van der Waals surface area contributed by atoms with Crippen LogP contribution in [0, 0.1) is 0 Å². The van der Waals surface area contributed by atoms with Crippen molar-refractivity contribution >= 4 is 39.2 Å². The molecule has 0 aliphatic carbocycles. The fourth-order valence-electron chi connectivity index (χ4n) is 2.56. The second-order valence-electron chi connectivity index (χ2n) is 5.69. The van der Waals surface area contributed by atoms with Crippen LogP contribution in [0.4, 0.5) is 5.69 Å². The van der Waals surface area contributed by atoms with E-state index in [9.17, 15) is 4.79 Å². The predicted octanol–water partition coefficient (Wildman–Crippen LogP) is 6.14. The smallest absolute Gasteiger partial charge is 0.164 e. The van der Waals surface area contributed by atoms with Crippen molar-refractivity contribution in [3.63, 3.8) is 0 Å². The maximum absolute atomic E-state index is 12.8. The number of carbonyl (C=O) groups excluding carboxylic acids is 1. The number of nitrogens with two attached hydrogens (primary N) is 1. The average molecular weight is 412 g/mol. The first-order chi connectivity index (χ1) is 12.1. The van der Waals surface area contributed by atoms with E-state index < -0.39 is 0 Å². The number of carbonyl (C=O) groups is 1. The lowest BCUT2D eigenvalue weighted by Crippen LogP contribution is -2.06. The Morgan fingerprint density at radius 3 is 2.24 bits per heavy atom. The van der Waals surface area contributed by atoms with Crippen molar-refractivity contribution in [2.45, 2.75) is 16.6 Å². The van der Waals surface area contributed by atoms with E-state index in [2.05, 4.69) is 28.1 Å². The number of hydrogen-bond donors (Lipinski definition) is 1. The molecule has 0 amide bonds. The zero-order valence-corrected chi connectivity index (χ0v) is 16.0. The van der Waals surface area contributed by atoms with Crippen molar-refractivity contribution < 1.29 is 4.79 Å². The molecule has 25 heavy (non-hydrogen) atoms. The van der Waals surface area contributed by atoms with Crippen molar-refractivity contribution in [3.05, 3.63) is 94.5 Å². The molecule has 2 N–H and O–H groups in total. The van der Waals surface area contributed by atoms with E-state index in [1.807, 2.05) is 66.7 Å². The number of rotatable bonds is 6. The molecule has 1 atom stereocenters. The lowest BCUT2D eigenvalue weighted by Gasteiger charge is -2.17. The minimum atomic E-state index is 0.0158. The summed E-state index contributed by atoms with van der Waals surface area (Å²) in [5, 5.41) is 0.0158. The predicted molar refractivity (Wildman–Crippen MR) is 109 cm³/mol. The molecule has 0 aromatic heterocycles. The normalized spacial score (nSPS) is 11.9. The van der Waals surface area contributed by atoms with Crippen LogP contribution < -0.4 is 5.73 Å². The molecule has 2 nitrogen and oxygen atoms in total. The summed E-state index contributed by atoms with van der Waals surface area (Å²) >= 11 is 5.04. The largest absolute Gasteiger partial charge is 0.398 e. The average Bonchev–Trinajstić information content (AvgIpc) is 2.64. The van der Waals surface area contributed by atoms with Gasteiger partial charge in [0, 0.05) is 32.3 Å². The lowest BCUT2D eigenvalue weighted by molar-refractivity contribution is 0.0982. The maximum Gasteiger partial charge on any atom is 0.164 e. The van der Waals surface area contributed by atoms with Crippen molar-refractivity contribution in [2.75, 3.05) is 5.73 Å². The van der Waals surface area contributed by atoms with Crippen LogP contribution >= 0.6 is 27.7 Å². The van der Waals surface area contributed by atoms with E-state index in [-0.39, 0.29) is 11.0 Å². The lowest BCUT2D eigenvalue weighted by atomic mass is 10.0. The Morgan fingerprint density at radius 2 is 1.56 bits per heavy atom. The molecule has 0 spiro atoms. The summed E-state index contributed by atoms with van der Waals surface area (Å²) in [6.45, 7) is 0. The molecule has 1 unspecified atom stereocenters. The van der Waals surface area contributed by atoms with E-state index in [0.29, 0.717) is 6.42 Å². The quantitative estimate of drug-likeness (QED) is 0.301. The SMILES string of the molecule is Nc1ccccc1SC(CC(=O)c1ccc(Br)cc1)c1ccccc1. The van der Waals surface area contributed by atoms with Crippen LogP contribution in [0.25, 0.3) is 0 Å². The van der Waals surface area contributed by atoms with Gasteiger partial charge in [-0.1, -0.05) is 70.5 Å². The number of hydrogen-bond acceptors (Lipinski definition) is 3. The molecule has 126 valence electrons. The van der Waals surface area contributed by atoms with Gasteiger partial charge in [-0.2, -0.15) is 0 Å². The van der Waals surface area contributed by atoms with E-state index in [4.69, 9.17) is 5.73 Å². The summed E-state index contributed by atoms with van der Waals surface area (Å²) in [6, 6.07) is 25.4. The second kappa shape index (κ2) is 8.37. The van der Waals surface area contributed by atoms with E-state index in [1.165, 1.54) is 0 Å². The summed E-state index contributed by atoms with van der Waals surface area (Å²) < 4.78 is 0.968. The van der Waals surface area contributed by atoms with Gasteiger partial charge in [0.05, 0.1) is 0 Å². The topological polar surface area (TPSA) is 43.1 Å². The summed E-state index contributed by atoms with van der Waals surface area (Å²) in [5.41, 5.74) is 8.69. The Morgan fingerprint density at radius 1 is 0.920 bits per heavy atom. The highest BCUT2D eigenvalue weighted by molar-refractivity contribution is 9.10. The molecule has 3 aromatic rings. The Hall–Kier alpha value is -2.04. The standard InChI is InChI=1S/C21H18BrNOS/c22-17-12-10-15(11-13-17)19(24)14-21(16-6-2-1-3-7-16)25-20-9-5-4-8-18(20)23/h1-13,21H,14,23H2.